The topological polar surface area (TPSA) is 13.0 Å². The van der Waals surface area contributed by atoms with E-state index in [1.165, 1.54) is 61.0 Å². The van der Waals surface area contributed by atoms with Gasteiger partial charge >= 0.3 is 0 Å². The maximum absolute atomic E-state index is 2.43. The van der Waals surface area contributed by atoms with Crippen LogP contribution in [-0.2, 0) is 0 Å². The van der Waals surface area contributed by atoms with E-state index in [4.69, 9.17) is 0 Å². The summed E-state index contributed by atoms with van der Waals surface area (Å²) >= 11 is 0. The third kappa shape index (κ3) is 12.2. The summed E-state index contributed by atoms with van der Waals surface area (Å²) in [6.07, 6.45) is 17.5. The van der Waals surface area contributed by atoms with E-state index >= 15 is 0 Å². The predicted molar refractivity (Wildman–Crippen MR) is 191 cm³/mol. The zero-order valence-electron chi connectivity index (χ0n) is 29.5. The number of hydrogen-bond acceptors (Lipinski definition) is 4. The van der Waals surface area contributed by atoms with E-state index in [1.807, 2.05) is 41.5 Å². The van der Waals surface area contributed by atoms with Gasteiger partial charge in [-0.2, -0.15) is 0 Å². The molecule has 2 unspecified atom stereocenters. The van der Waals surface area contributed by atoms with E-state index in [-0.39, 0.29) is 0 Å². The Hall–Kier alpha value is -2.88. The number of para-hydroxylation sites is 2. The maximum Gasteiger partial charge on any atom is 0.102 e. The van der Waals surface area contributed by atoms with Crippen LogP contribution in [0.2, 0.25) is 0 Å². The van der Waals surface area contributed by atoms with Gasteiger partial charge in [0.2, 0.25) is 0 Å². The third-order valence-corrected chi connectivity index (χ3v) is 7.43. The molecule has 4 nitrogen and oxygen atoms in total. The summed E-state index contributed by atoms with van der Waals surface area (Å²) in [5.41, 5.74) is 5.31. The van der Waals surface area contributed by atoms with Crippen LogP contribution in [0.5, 0.6) is 0 Å². The van der Waals surface area contributed by atoms with Crippen molar-refractivity contribution >= 4 is 11.4 Å². The molecule has 2 aliphatic heterocycles. The molecule has 4 rings (SSSR count). The van der Waals surface area contributed by atoms with Gasteiger partial charge in [-0.1, -0.05) is 117 Å². The molecule has 0 N–H and O–H groups in total. The number of anilines is 2. The van der Waals surface area contributed by atoms with Crippen molar-refractivity contribution in [3.05, 3.63) is 84.5 Å². The number of aryl methyl sites for hydroxylation is 2. The number of unbranched alkanes of at least 4 members (excludes halogenated alkanes) is 4. The first-order chi connectivity index (χ1) is 20.5. The number of rotatable bonds is 10. The van der Waals surface area contributed by atoms with E-state index in [0.717, 1.165) is 13.1 Å². The SMILES string of the molecule is CC.CC.CC.CCCCCN1C=CN(c2ccccc2C)C1C.CCCCCN1C=CN(c2ccccc2C)C1C. The lowest BCUT2D eigenvalue weighted by Crippen LogP contribution is -2.36. The molecule has 42 heavy (non-hydrogen) atoms. The van der Waals surface area contributed by atoms with Crippen molar-refractivity contribution in [2.75, 3.05) is 22.9 Å². The van der Waals surface area contributed by atoms with Crippen molar-refractivity contribution in [3.8, 4) is 0 Å². The summed E-state index contributed by atoms with van der Waals surface area (Å²) in [5, 5.41) is 0. The van der Waals surface area contributed by atoms with Crippen molar-refractivity contribution in [3.63, 3.8) is 0 Å². The molecule has 0 spiro atoms. The predicted octanol–water partition coefficient (Wildman–Crippen LogP) is 11.3. The second kappa shape index (κ2) is 23.7. The van der Waals surface area contributed by atoms with Crippen LogP contribution in [-0.4, -0.2) is 35.2 Å². The minimum absolute atomic E-state index is 0.433. The molecule has 2 aliphatic rings. The van der Waals surface area contributed by atoms with E-state index in [0.29, 0.717) is 12.3 Å². The molecule has 0 saturated heterocycles. The second-order valence-corrected chi connectivity index (χ2v) is 10.1. The fourth-order valence-electron chi connectivity index (χ4n) is 5.01. The van der Waals surface area contributed by atoms with Gasteiger partial charge in [0.25, 0.3) is 0 Å². The quantitative estimate of drug-likeness (QED) is 0.260. The first kappa shape index (κ1) is 39.1. The summed E-state index contributed by atoms with van der Waals surface area (Å²) in [6.45, 7) is 27.7. The highest BCUT2D eigenvalue weighted by molar-refractivity contribution is 5.57. The van der Waals surface area contributed by atoms with Crippen LogP contribution >= 0.6 is 0 Å². The molecule has 0 aromatic heterocycles. The standard InChI is InChI=1S/2C16H24N2.3C2H6/c2*1-4-5-8-11-17-12-13-18(15(17)3)16-10-7-6-9-14(16)2;3*1-2/h2*6-7,9-10,12-13,15H,4-5,8,11H2,1-3H3;3*1-2H3. The van der Waals surface area contributed by atoms with Crippen LogP contribution in [0.4, 0.5) is 11.4 Å². The Labute approximate surface area is 262 Å². The maximum atomic E-state index is 2.43. The zero-order valence-corrected chi connectivity index (χ0v) is 29.5. The van der Waals surface area contributed by atoms with E-state index in [2.05, 4.69) is 134 Å². The van der Waals surface area contributed by atoms with Gasteiger partial charge in [0.1, 0.15) is 12.3 Å². The Bertz CT molecular complexity index is 903. The molecule has 2 heterocycles. The lowest BCUT2D eigenvalue weighted by atomic mass is 10.2. The van der Waals surface area contributed by atoms with Gasteiger partial charge < -0.3 is 19.6 Å². The first-order valence-electron chi connectivity index (χ1n) is 17.0. The highest BCUT2D eigenvalue weighted by Gasteiger charge is 2.24. The average molecular weight is 579 g/mol. The lowest BCUT2D eigenvalue weighted by Gasteiger charge is -2.30. The Morgan fingerprint density at radius 1 is 0.500 bits per heavy atom. The van der Waals surface area contributed by atoms with E-state index in [9.17, 15) is 0 Å². The minimum Gasteiger partial charge on any atom is -0.356 e. The Balaban J connectivity index is 0.000000680. The van der Waals surface area contributed by atoms with Gasteiger partial charge in [-0.25, -0.2) is 0 Å². The van der Waals surface area contributed by atoms with Gasteiger partial charge in [-0.3, -0.25) is 0 Å². The molecular weight excluding hydrogens is 512 g/mol. The van der Waals surface area contributed by atoms with Gasteiger partial charge in [0.05, 0.1) is 0 Å². The second-order valence-electron chi connectivity index (χ2n) is 10.1. The molecule has 238 valence electrons. The Morgan fingerprint density at radius 2 is 0.833 bits per heavy atom. The molecule has 2 aromatic carbocycles. The summed E-state index contributed by atoms with van der Waals surface area (Å²) in [4.78, 5) is 9.59. The molecule has 0 aliphatic carbocycles. The highest BCUT2D eigenvalue weighted by atomic mass is 15.4. The first-order valence-corrected chi connectivity index (χ1v) is 17.0. The summed E-state index contributed by atoms with van der Waals surface area (Å²) in [5.74, 6) is 0. The van der Waals surface area contributed by atoms with E-state index < -0.39 is 0 Å². The van der Waals surface area contributed by atoms with Crippen LogP contribution in [0.15, 0.2) is 73.3 Å². The van der Waals surface area contributed by atoms with Crippen LogP contribution in [0.25, 0.3) is 0 Å². The summed E-state index contributed by atoms with van der Waals surface area (Å²) < 4.78 is 0. The smallest absolute Gasteiger partial charge is 0.102 e. The largest absolute Gasteiger partial charge is 0.356 e. The zero-order chi connectivity index (χ0) is 31.9. The third-order valence-electron chi connectivity index (χ3n) is 7.43. The highest BCUT2D eigenvalue weighted by Crippen LogP contribution is 2.28. The van der Waals surface area contributed by atoms with Gasteiger partial charge in [-0.05, 0) is 63.8 Å². The van der Waals surface area contributed by atoms with Crippen molar-refractivity contribution in [2.24, 2.45) is 0 Å². The molecule has 0 saturated carbocycles. The fourth-order valence-corrected chi connectivity index (χ4v) is 5.01. The van der Waals surface area contributed by atoms with Crippen LogP contribution < -0.4 is 9.80 Å². The monoisotopic (exact) mass is 579 g/mol. The molecule has 0 amide bonds. The van der Waals surface area contributed by atoms with Gasteiger partial charge in [0, 0.05) is 49.3 Å². The number of benzene rings is 2. The minimum atomic E-state index is 0.433. The normalized spacial score (nSPS) is 16.5. The Morgan fingerprint density at radius 3 is 1.14 bits per heavy atom. The molecule has 0 bridgehead atoms. The average Bonchev–Trinajstić information content (AvgIpc) is 3.58. The molecule has 4 heteroatoms. The lowest BCUT2D eigenvalue weighted by molar-refractivity contribution is 0.311. The van der Waals surface area contributed by atoms with Crippen LogP contribution in [0.1, 0.15) is 119 Å². The van der Waals surface area contributed by atoms with Crippen molar-refractivity contribution < 1.29 is 0 Å². The fraction of sp³-hybridized carbons (Fsp3) is 0.579. The summed E-state index contributed by atoms with van der Waals surface area (Å²) in [7, 11) is 0. The summed E-state index contributed by atoms with van der Waals surface area (Å²) in [6, 6.07) is 17.2. The molecule has 0 radical (unpaired) electrons. The number of hydrogen-bond donors (Lipinski definition) is 0. The van der Waals surface area contributed by atoms with Crippen molar-refractivity contribution in [1.29, 1.82) is 0 Å². The molecule has 2 atom stereocenters. The van der Waals surface area contributed by atoms with Gasteiger partial charge in [0.15, 0.2) is 0 Å². The van der Waals surface area contributed by atoms with Gasteiger partial charge in [-0.15, -0.1) is 0 Å². The Kier molecular flexibility index (Phi) is 22.0. The molecule has 0 fully saturated rings. The molecular formula is C38H66N4. The number of nitrogens with zero attached hydrogens (tertiary/aromatic N) is 4. The van der Waals surface area contributed by atoms with Crippen LogP contribution in [0, 0.1) is 13.8 Å². The van der Waals surface area contributed by atoms with Crippen molar-refractivity contribution in [1.82, 2.24) is 9.80 Å². The molecule has 2 aromatic rings. The van der Waals surface area contributed by atoms with E-state index in [1.54, 1.807) is 0 Å². The van der Waals surface area contributed by atoms with Crippen LogP contribution in [0.3, 0.4) is 0 Å². The van der Waals surface area contributed by atoms with Crippen molar-refractivity contribution in [2.45, 2.75) is 134 Å².